The molecule has 1 saturated heterocycles. The topological polar surface area (TPSA) is 203 Å². The second kappa shape index (κ2) is 12.2. The number of ketones is 3. The van der Waals surface area contributed by atoms with Gasteiger partial charge in [0.1, 0.15) is 41.1 Å². The van der Waals surface area contributed by atoms with Gasteiger partial charge in [0.25, 0.3) is 0 Å². The average Bonchev–Trinajstić information content (AvgIpc) is 3.04. The zero-order chi connectivity index (χ0) is 34.7. The number of aliphatic hydroxyl groups is 2. The van der Waals surface area contributed by atoms with Gasteiger partial charge < -0.3 is 53.2 Å². The minimum atomic E-state index is -3.17. The molecule has 15 heteroatoms. The normalized spacial score (nSPS) is 32.0. The van der Waals surface area contributed by atoms with Crippen molar-refractivity contribution in [2.75, 3.05) is 42.7 Å². The lowest BCUT2D eigenvalue weighted by Gasteiger charge is -2.49. The molecule has 2 aromatic carbocycles. The second-order valence-electron chi connectivity index (χ2n) is 11.4. The van der Waals surface area contributed by atoms with Crippen molar-refractivity contribution in [1.29, 1.82) is 0 Å². The number of ether oxygens (including phenoxy) is 8. The number of Topliss-reactive ketones (excluding diaryl/α,β-unsaturated/α-hetero) is 2. The fourth-order valence-electron chi connectivity index (χ4n) is 6.98. The van der Waals surface area contributed by atoms with Gasteiger partial charge in [0.15, 0.2) is 6.10 Å². The van der Waals surface area contributed by atoms with E-state index >= 15 is 0 Å². The van der Waals surface area contributed by atoms with Gasteiger partial charge in [0.2, 0.25) is 34.8 Å². The van der Waals surface area contributed by atoms with Crippen LogP contribution < -0.4 is 4.74 Å². The van der Waals surface area contributed by atoms with E-state index in [1.54, 1.807) is 6.92 Å². The maximum absolute atomic E-state index is 14.1. The molecule has 1 aliphatic heterocycles. The van der Waals surface area contributed by atoms with Crippen LogP contribution in [0.25, 0.3) is 10.8 Å². The Kier molecular flexibility index (Phi) is 8.96. The summed E-state index contributed by atoms with van der Waals surface area (Å²) in [5.74, 6) is -6.03. The van der Waals surface area contributed by atoms with E-state index in [0.717, 1.165) is 27.4 Å². The zero-order valence-corrected chi connectivity index (χ0v) is 26.9. The van der Waals surface area contributed by atoms with Crippen LogP contribution in [0.5, 0.6) is 11.5 Å². The van der Waals surface area contributed by atoms with Crippen LogP contribution in [0.3, 0.4) is 0 Å². The Balaban J connectivity index is 1.75. The summed E-state index contributed by atoms with van der Waals surface area (Å²) in [6, 6.07) is 2.48. The van der Waals surface area contributed by atoms with E-state index in [1.807, 2.05) is 0 Å². The van der Waals surface area contributed by atoms with Gasteiger partial charge in [-0.25, -0.2) is 4.79 Å². The SMILES string of the molecule is COC(=O)c1c(O[C@H]2O[C@H](C)[C@@H](OC)[C@H](OC)[C@@H]2OC)cc2cc3c(c(O)c2c1C)C(=O)[C@]1(OC)C(=O)C=C(OC)[C@@H](O)[C@]1(O)C3=O. The largest absolute Gasteiger partial charge is 0.507 e. The molecule has 0 spiro atoms. The Morgan fingerprint density at radius 2 is 1.57 bits per heavy atom. The fraction of sp³-hybridized carbons (Fsp3) is 0.500. The van der Waals surface area contributed by atoms with E-state index in [2.05, 4.69) is 0 Å². The molecule has 3 aliphatic rings. The number of phenols is 1. The predicted molar refractivity (Wildman–Crippen MR) is 158 cm³/mol. The number of hydrogen-bond acceptors (Lipinski definition) is 15. The van der Waals surface area contributed by atoms with E-state index < -0.39 is 94.0 Å². The minimum absolute atomic E-state index is 0.0679. The Labute approximate surface area is 268 Å². The first-order valence-electron chi connectivity index (χ1n) is 14.4. The first-order chi connectivity index (χ1) is 22.2. The van der Waals surface area contributed by atoms with Crippen LogP contribution in [-0.4, -0.2) is 129 Å². The first kappa shape index (κ1) is 34.4. The van der Waals surface area contributed by atoms with E-state index in [0.29, 0.717) is 0 Å². The van der Waals surface area contributed by atoms with Gasteiger partial charge in [-0.05, 0) is 36.9 Å². The number of carbonyl (C=O) groups is 4. The van der Waals surface area contributed by atoms with E-state index in [1.165, 1.54) is 40.4 Å². The van der Waals surface area contributed by atoms with Crippen molar-refractivity contribution < 1.29 is 72.4 Å². The molecule has 0 bridgehead atoms. The van der Waals surface area contributed by atoms with E-state index in [4.69, 9.17) is 37.9 Å². The van der Waals surface area contributed by atoms with Crippen molar-refractivity contribution in [3.63, 3.8) is 0 Å². The molecule has 0 radical (unpaired) electrons. The van der Waals surface area contributed by atoms with Gasteiger partial charge in [-0.1, -0.05) is 0 Å². The highest BCUT2D eigenvalue weighted by Gasteiger charge is 2.74. The summed E-state index contributed by atoms with van der Waals surface area (Å²) in [7, 11) is 7.52. The minimum Gasteiger partial charge on any atom is -0.507 e. The molecule has 47 heavy (non-hydrogen) atoms. The molecule has 3 N–H and O–H groups in total. The highest BCUT2D eigenvalue weighted by Crippen LogP contribution is 2.50. The molecule has 0 saturated carbocycles. The number of fused-ring (bicyclic) bond motifs is 3. The maximum Gasteiger partial charge on any atom is 0.341 e. The third kappa shape index (κ3) is 4.53. The van der Waals surface area contributed by atoms with Crippen molar-refractivity contribution in [3.05, 3.63) is 46.2 Å². The molecule has 1 heterocycles. The van der Waals surface area contributed by atoms with Crippen molar-refractivity contribution in [3.8, 4) is 11.5 Å². The monoisotopic (exact) mass is 660 g/mol. The number of aryl methyl sites for hydroxylation is 1. The Morgan fingerprint density at radius 3 is 2.13 bits per heavy atom. The zero-order valence-electron chi connectivity index (χ0n) is 26.9. The summed E-state index contributed by atoms with van der Waals surface area (Å²) in [6.07, 6.45) is -5.21. The number of benzene rings is 2. The lowest BCUT2D eigenvalue weighted by molar-refractivity contribution is -0.282. The molecular formula is C32H36O15. The second-order valence-corrected chi connectivity index (χ2v) is 11.4. The van der Waals surface area contributed by atoms with Crippen molar-refractivity contribution in [2.45, 2.75) is 61.9 Å². The lowest BCUT2D eigenvalue weighted by atomic mass is 9.60. The summed E-state index contributed by atoms with van der Waals surface area (Å²) in [5.41, 5.74) is -7.41. The molecule has 15 nitrogen and oxygen atoms in total. The van der Waals surface area contributed by atoms with Crippen LogP contribution in [0.1, 0.15) is 43.6 Å². The van der Waals surface area contributed by atoms with Crippen molar-refractivity contribution >= 4 is 34.1 Å². The Hall–Kier alpha value is -3.96. The van der Waals surface area contributed by atoms with Gasteiger partial charge in [-0.2, -0.15) is 0 Å². The summed E-state index contributed by atoms with van der Waals surface area (Å²) in [4.78, 5) is 54.8. The van der Waals surface area contributed by atoms with E-state index in [9.17, 15) is 34.5 Å². The number of aliphatic hydroxyl groups excluding tert-OH is 1. The summed E-state index contributed by atoms with van der Waals surface area (Å²) in [6.45, 7) is 3.19. The molecule has 1 fully saturated rings. The quantitative estimate of drug-likeness (QED) is 0.265. The van der Waals surface area contributed by atoms with Crippen LogP contribution in [0.15, 0.2) is 24.0 Å². The lowest BCUT2D eigenvalue weighted by Crippen LogP contribution is -2.77. The molecule has 2 aliphatic carbocycles. The van der Waals surface area contributed by atoms with Gasteiger partial charge in [-0.15, -0.1) is 0 Å². The predicted octanol–water partition coefficient (Wildman–Crippen LogP) is 0.778. The molecule has 8 atom stereocenters. The number of phenolic OH excluding ortho intramolecular Hbond substituents is 1. The first-order valence-corrected chi connectivity index (χ1v) is 14.4. The van der Waals surface area contributed by atoms with Gasteiger partial charge >= 0.3 is 5.97 Å². The molecule has 0 amide bonds. The summed E-state index contributed by atoms with van der Waals surface area (Å²) < 4.78 is 44.4. The van der Waals surface area contributed by atoms with Crippen LogP contribution in [0.4, 0.5) is 0 Å². The number of rotatable bonds is 8. The molecule has 5 rings (SSSR count). The highest BCUT2D eigenvalue weighted by atomic mass is 16.7. The number of methoxy groups -OCH3 is 6. The van der Waals surface area contributed by atoms with Gasteiger partial charge in [0.05, 0.1) is 25.9 Å². The third-order valence-electron chi connectivity index (χ3n) is 9.29. The molecular weight excluding hydrogens is 624 g/mol. The van der Waals surface area contributed by atoms with Crippen LogP contribution >= 0.6 is 0 Å². The van der Waals surface area contributed by atoms with Crippen LogP contribution in [0.2, 0.25) is 0 Å². The van der Waals surface area contributed by atoms with E-state index in [-0.39, 0.29) is 27.6 Å². The maximum atomic E-state index is 14.1. The number of carbonyl (C=O) groups excluding carboxylic acids is 4. The Bertz CT molecular complexity index is 1700. The highest BCUT2D eigenvalue weighted by molar-refractivity contribution is 6.35. The number of esters is 1. The molecule has 2 aromatic rings. The standard InChI is InChI=1S/C32H36O15/c1-12-19-14(10-16(20(12)29(38)44-7)47-30-25(43-6)24(42-5)23(41-4)13(2)46-30)9-15-21(22(19)34)28(37)32(45-8)18(33)11-17(40-3)27(36)31(32,39)26(15)35/h9-11,13,23-25,27,30,34,36,39H,1-8H3/t13-,23-,24+,25+,27-,30-,31-,32-/m1/s1. The van der Waals surface area contributed by atoms with Crippen LogP contribution in [0, 0.1) is 6.92 Å². The van der Waals surface area contributed by atoms with Crippen molar-refractivity contribution in [2.24, 2.45) is 0 Å². The summed E-state index contributed by atoms with van der Waals surface area (Å²) >= 11 is 0. The number of hydrogen-bond donors (Lipinski definition) is 3. The van der Waals surface area contributed by atoms with Crippen molar-refractivity contribution in [1.82, 2.24) is 0 Å². The third-order valence-corrected chi connectivity index (χ3v) is 9.29. The molecule has 254 valence electrons. The summed E-state index contributed by atoms with van der Waals surface area (Å²) in [5, 5.41) is 34.5. The van der Waals surface area contributed by atoms with Crippen LogP contribution in [-0.2, 0) is 38.0 Å². The fourth-order valence-corrected chi connectivity index (χ4v) is 6.98. The van der Waals surface area contributed by atoms with Gasteiger partial charge in [-0.3, -0.25) is 14.4 Å². The average molecular weight is 661 g/mol. The molecule has 0 unspecified atom stereocenters. The smallest absolute Gasteiger partial charge is 0.341 e. The number of aromatic hydroxyl groups is 1. The van der Waals surface area contributed by atoms with Gasteiger partial charge in [0, 0.05) is 45.5 Å². The Morgan fingerprint density at radius 1 is 0.936 bits per heavy atom. The molecule has 0 aromatic heterocycles.